The van der Waals surface area contributed by atoms with Crippen LogP contribution in [0.25, 0.3) is 0 Å². The maximum absolute atomic E-state index is 14.5. The Bertz CT molecular complexity index is 1880. The van der Waals surface area contributed by atoms with Crippen molar-refractivity contribution in [2.75, 3.05) is 10.8 Å². The molecule has 0 aliphatic carbocycles. The zero-order valence-electron chi connectivity index (χ0n) is 26.4. The van der Waals surface area contributed by atoms with Gasteiger partial charge in [0, 0.05) is 19.0 Å². The van der Waals surface area contributed by atoms with Gasteiger partial charge >= 0.3 is 6.18 Å². The molecule has 4 rings (SSSR count). The first-order valence-electron chi connectivity index (χ1n) is 15.1. The summed E-state index contributed by atoms with van der Waals surface area (Å²) in [7, 11) is -4.63. The molecule has 0 aliphatic heterocycles. The Hall–Kier alpha value is -3.77. The lowest BCUT2D eigenvalue weighted by molar-refractivity contribution is -0.140. The zero-order chi connectivity index (χ0) is 35.9. The summed E-state index contributed by atoms with van der Waals surface area (Å²) in [6.07, 6.45) is -4.29. The van der Waals surface area contributed by atoms with E-state index in [-0.39, 0.29) is 33.9 Å². The molecule has 0 saturated heterocycles. The van der Waals surface area contributed by atoms with Gasteiger partial charge in [-0.05, 0) is 66.9 Å². The van der Waals surface area contributed by atoms with Crippen molar-refractivity contribution in [1.82, 2.24) is 10.2 Å². The highest BCUT2D eigenvalue weighted by Crippen LogP contribution is 2.38. The van der Waals surface area contributed by atoms with Crippen molar-refractivity contribution in [2.45, 2.75) is 56.4 Å². The number of hydrogen-bond acceptors (Lipinski definition) is 4. The number of carbonyl (C=O) groups is 2. The molecule has 0 spiro atoms. The van der Waals surface area contributed by atoms with Crippen LogP contribution in [0, 0.1) is 0 Å². The topological polar surface area (TPSA) is 86.8 Å². The molecule has 2 amide bonds. The Kier molecular flexibility index (Phi) is 12.6. The fourth-order valence-electron chi connectivity index (χ4n) is 4.96. The summed E-state index contributed by atoms with van der Waals surface area (Å²) in [5, 5.41) is 2.70. The molecule has 0 aromatic heterocycles. The Morgan fingerprint density at radius 1 is 0.816 bits per heavy atom. The number of amides is 2. The number of halogens is 6. The van der Waals surface area contributed by atoms with Gasteiger partial charge in [-0.15, -0.1) is 0 Å². The molecule has 0 saturated carbocycles. The van der Waals surface area contributed by atoms with Crippen LogP contribution in [0.15, 0.2) is 102 Å². The summed E-state index contributed by atoms with van der Waals surface area (Å²) in [5.74, 6) is -1.37. The molecule has 0 unspecified atom stereocenters. The molecule has 260 valence electrons. The average molecular weight is 755 g/mol. The number of carbonyl (C=O) groups excluding carboxylic acids is 2. The SMILES string of the molecule is CC[C@H](C)NC(=O)[C@@H](Cc1ccccc1)N(Cc1ccc(Cl)c(Cl)c1)C(=O)CN(c1ccc(Cl)c(C(F)(F)F)c1)S(=O)(=O)c1ccccc1. The van der Waals surface area contributed by atoms with Gasteiger partial charge in [-0.2, -0.15) is 13.2 Å². The van der Waals surface area contributed by atoms with Gasteiger partial charge in [0.2, 0.25) is 11.8 Å². The fraction of sp³-hybridized carbons (Fsp3) is 0.257. The summed E-state index contributed by atoms with van der Waals surface area (Å²) >= 11 is 18.3. The van der Waals surface area contributed by atoms with Crippen LogP contribution in [0.1, 0.15) is 37.0 Å². The summed E-state index contributed by atoms with van der Waals surface area (Å²) in [6.45, 7) is 2.51. The van der Waals surface area contributed by atoms with Crippen LogP contribution in [0.4, 0.5) is 18.9 Å². The van der Waals surface area contributed by atoms with Crippen molar-refractivity contribution in [3.8, 4) is 0 Å². The molecule has 0 bridgehead atoms. The largest absolute Gasteiger partial charge is 0.417 e. The highest BCUT2D eigenvalue weighted by molar-refractivity contribution is 7.92. The van der Waals surface area contributed by atoms with E-state index in [4.69, 9.17) is 34.8 Å². The number of sulfonamides is 1. The highest BCUT2D eigenvalue weighted by Gasteiger charge is 2.38. The summed E-state index contributed by atoms with van der Waals surface area (Å²) in [5.41, 5.74) is -0.553. The third-order valence-corrected chi connectivity index (χ3v) is 10.6. The van der Waals surface area contributed by atoms with E-state index in [9.17, 15) is 31.2 Å². The lowest BCUT2D eigenvalue weighted by Crippen LogP contribution is -2.54. The first-order chi connectivity index (χ1) is 23.1. The highest BCUT2D eigenvalue weighted by atomic mass is 35.5. The average Bonchev–Trinajstić information content (AvgIpc) is 3.07. The maximum atomic E-state index is 14.5. The molecule has 0 fully saturated rings. The second-order valence-electron chi connectivity index (χ2n) is 11.3. The molecule has 0 aliphatic rings. The lowest BCUT2D eigenvalue weighted by Gasteiger charge is -2.34. The van der Waals surface area contributed by atoms with Crippen LogP contribution in [0.5, 0.6) is 0 Å². The molecule has 2 atom stereocenters. The van der Waals surface area contributed by atoms with Crippen molar-refractivity contribution in [1.29, 1.82) is 0 Å². The minimum absolute atomic E-state index is 0.0424. The first-order valence-corrected chi connectivity index (χ1v) is 17.7. The summed E-state index contributed by atoms with van der Waals surface area (Å²) < 4.78 is 70.6. The van der Waals surface area contributed by atoms with E-state index in [1.165, 1.54) is 41.3 Å². The minimum atomic E-state index is -4.92. The maximum Gasteiger partial charge on any atom is 0.417 e. The van der Waals surface area contributed by atoms with E-state index in [1.807, 2.05) is 6.92 Å². The zero-order valence-corrected chi connectivity index (χ0v) is 29.5. The number of nitrogens with zero attached hydrogens (tertiary/aromatic N) is 2. The van der Waals surface area contributed by atoms with Gasteiger partial charge in [0.05, 0.1) is 31.2 Å². The Morgan fingerprint density at radius 3 is 2.02 bits per heavy atom. The molecule has 1 N–H and O–H groups in total. The molecule has 0 radical (unpaired) electrons. The number of nitrogens with one attached hydrogen (secondary N) is 1. The second kappa shape index (κ2) is 16.3. The van der Waals surface area contributed by atoms with E-state index in [0.717, 1.165) is 12.1 Å². The molecule has 4 aromatic carbocycles. The quantitative estimate of drug-likeness (QED) is 0.149. The van der Waals surface area contributed by atoms with Crippen LogP contribution >= 0.6 is 34.8 Å². The van der Waals surface area contributed by atoms with E-state index in [2.05, 4.69) is 5.32 Å². The van der Waals surface area contributed by atoms with Crippen LogP contribution in [0.2, 0.25) is 15.1 Å². The van der Waals surface area contributed by atoms with E-state index < -0.39 is 56.9 Å². The number of anilines is 1. The van der Waals surface area contributed by atoms with Gasteiger partial charge in [0.25, 0.3) is 10.0 Å². The van der Waals surface area contributed by atoms with E-state index >= 15 is 0 Å². The van der Waals surface area contributed by atoms with Crippen molar-refractivity contribution in [3.63, 3.8) is 0 Å². The lowest BCUT2D eigenvalue weighted by atomic mass is 10.0. The molecule has 0 heterocycles. The Balaban J connectivity index is 1.87. The van der Waals surface area contributed by atoms with Crippen molar-refractivity contribution < 1.29 is 31.2 Å². The molecule has 4 aromatic rings. The van der Waals surface area contributed by atoms with E-state index in [1.54, 1.807) is 49.4 Å². The van der Waals surface area contributed by atoms with Crippen LogP contribution in [0.3, 0.4) is 0 Å². The number of alkyl halides is 3. The second-order valence-corrected chi connectivity index (χ2v) is 14.4. The van der Waals surface area contributed by atoms with Crippen molar-refractivity contribution in [3.05, 3.63) is 129 Å². The number of rotatable bonds is 13. The smallest absolute Gasteiger partial charge is 0.352 e. The number of benzene rings is 4. The predicted molar refractivity (Wildman–Crippen MR) is 186 cm³/mol. The fourth-order valence-corrected chi connectivity index (χ4v) is 6.94. The molecule has 7 nitrogen and oxygen atoms in total. The normalized spacial score (nSPS) is 13.0. The monoisotopic (exact) mass is 753 g/mol. The molecule has 49 heavy (non-hydrogen) atoms. The Labute approximate surface area is 298 Å². The summed E-state index contributed by atoms with van der Waals surface area (Å²) in [4.78, 5) is 29.4. The summed E-state index contributed by atoms with van der Waals surface area (Å²) in [6, 6.07) is 21.7. The van der Waals surface area contributed by atoms with Crippen LogP contribution in [-0.2, 0) is 38.8 Å². The standard InChI is InChI=1S/C35H33Cl3F3N3O4S/c1-3-23(2)42-34(46)32(19-24-10-6-4-7-11-24)43(21-25-14-16-30(37)31(38)18-25)33(45)22-44(49(47,48)27-12-8-5-9-13-27)26-15-17-29(36)28(20-26)35(39,40)41/h4-18,20,23,32H,3,19,21-22H2,1-2H3,(H,42,46)/t23-,32+/m0/s1. The molecular weight excluding hydrogens is 722 g/mol. The van der Waals surface area contributed by atoms with Crippen molar-refractivity contribution >= 4 is 62.3 Å². The van der Waals surface area contributed by atoms with Gasteiger partial charge in [-0.3, -0.25) is 13.9 Å². The third-order valence-electron chi connectivity index (χ3n) is 7.76. The van der Waals surface area contributed by atoms with Crippen molar-refractivity contribution in [2.24, 2.45) is 0 Å². The van der Waals surface area contributed by atoms with Gasteiger partial charge in [-0.1, -0.05) is 96.3 Å². The van der Waals surface area contributed by atoms with Crippen LogP contribution < -0.4 is 9.62 Å². The molecular formula is C35H33Cl3F3N3O4S. The van der Waals surface area contributed by atoms with E-state index in [0.29, 0.717) is 27.9 Å². The number of hydrogen-bond donors (Lipinski definition) is 1. The van der Waals surface area contributed by atoms with Crippen LogP contribution in [-0.4, -0.2) is 43.8 Å². The first kappa shape index (κ1) is 38.0. The molecule has 14 heteroatoms. The van der Waals surface area contributed by atoms with Gasteiger partial charge < -0.3 is 10.2 Å². The predicted octanol–water partition coefficient (Wildman–Crippen LogP) is 8.42. The minimum Gasteiger partial charge on any atom is -0.352 e. The van der Waals surface area contributed by atoms with Gasteiger partial charge in [0.15, 0.2) is 0 Å². The Morgan fingerprint density at radius 2 is 1.43 bits per heavy atom. The third kappa shape index (κ3) is 9.69. The van der Waals surface area contributed by atoms with Gasteiger partial charge in [-0.25, -0.2) is 8.42 Å². The van der Waals surface area contributed by atoms with Gasteiger partial charge in [0.1, 0.15) is 12.6 Å².